The zero-order valence-electron chi connectivity index (χ0n) is 8.11. The summed E-state index contributed by atoms with van der Waals surface area (Å²) in [5.41, 5.74) is 0.796. The standard InChI is InChI=1S/C10H12O3S/c1-13-8-3-4-9(14-2)7(5-8)6-10(11)12/h3-5H,6H2,1-2H3,(H,11,12). The van der Waals surface area contributed by atoms with Crippen LogP contribution >= 0.6 is 11.8 Å². The summed E-state index contributed by atoms with van der Waals surface area (Å²) >= 11 is 1.54. The fourth-order valence-corrected chi connectivity index (χ4v) is 1.78. The number of rotatable bonds is 4. The number of carbonyl (C=O) groups is 1. The molecular weight excluding hydrogens is 200 g/mol. The topological polar surface area (TPSA) is 46.5 Å². The van der Waals surface area contributed by atoms with Crippen molar-refractivity contribution < 1.29 is 14.6 Å². The van der Waals surface area contributed by atoms with Gasteiger partial charge in [0.25, 0.3) is 0 Å². The second kappa shape index (κ2) is 4.91. The molecule has 1 aromatic carbocycles. The number of aliphatic carboxylic acids is 1. The van der Waals surface area contributed by atoms with Crippen LogP contribution in [0.25, 0.3) is 0 Å². The molecule has 0 saturated heterocycles. The molecule has 76 valence electrons. The Labute approximate surface area is 87.1 Å². The van der Waals surface area contributed by atoms with Crippen LogP contribution in [0.5, 0.6) is 5.75 Å². The Morgan fingerprint density at radius 1 is 1.57 bits per heavy atom. The predicted molar refractivity (Wildman–Crippen MR) is 56.1 cm³/mol. The lowest BCUT2D eigenvalue weighted by Gasteiger charge is -2.07. The van der Waals surface area contributed by atoms with E-state index >= 15 is 0 Å². The number of hydrogen-bond acceptors (Lipinski definition) is 3. The lowest BCUT2D eigenvalue weighted by molar-refractivity contribution is -0.136. The van der Waals surface area contributed by atoms with Crippen molar-refractivity contribution in [2.45, 2.75) is 11.3 Å². The van der Waals surface area contributed by atoms with Crippen molar-refractivity contribution >= 4 is 17.7 Å². The van der Waals surface area contributed by atoms with E-state index in [0.29, 0.717) is 5.75 Å². The molecule has 0 aliphatic carbocycles. The molecule has 0 amide bonds. The van der Waals surface area contributed by atoms with E-state index in [9.17, 15) is 4.79 Å². The van der Waals surface area contributed by atoms with Crippen molar-refractivity contribution in [1.29, 1.82) is 0 Å². The number of carboxylic acids is 1. The van der Waals surface area contributed by atoms with Gasteiger partial charge in [0.05, 0.1) is 13.5 Å². The highest BCUT2D eigenvalue weighted by molar-refractivity contribution is 7.98. The molecular formula is C10H12O3S. The summed E-state index contributed by atoms with van der Waals surface area (Å²) < 4.78 is 5.03. The van der Waals surface area contributed by atoms with E-state index in [4.69, 9.17) is 9.84 Å². The van der Waals surface area contributed by atoms with E-state index in [1.165, 1.54) is 11.8 Å². The molecule has 0 atom stereocenters. The molecule has 0 aliphatic rings. The van der Waals surface area contributed by atoms with Crippen LogP contribution in [0.1, 0.15) is 5.56 Å². The Balaban J connectivity index is 3.01. The molecule has 0 saturated carbocycles. The number of methoxy groups -OCH3 is 1. The molecule has 3 nitrogen and oxygen atoms in total. The van der Waals surface area contributed by atoms with E-state index in [0.717, 1.165) is 10.5 Å². The number of carboxylic acid groups (broad SMARTS) is 1. The third-order valence-corrected chi connectivity index (χ3v) is 2.67. The zero-order chi connectivity index (χ0) is 10.6. The molecule has 0 fully saturated rings. The van der Waals surface area contributed by atoms with Crippen LogP contribution in [0.15, 0.2) is 23.1 Å². The maximum Gasteiger partial charge on any atom is 0.307 e. The van der Waals surface area contributed by atoms with Gasteiger partial charge in [0, 0.05) is 4.90 Å². The zero-order valence-corrected chi connectivity index (χ0v) is 8.93. The van der Waals surface area contributed by atoms with E-state index < -0.39 is 5.97 Å². The molecule has 0 aliphatic heterocycles. The summed E-state index contributed by atoms with van der Waals surface area (Å²) in [5, 5.41) is 8.70. The molecule has 0 aromatic heterocycles. The second-order valence-electron chi connectivity index (χ2n) is 2.75. The van der Waals surface area contributed by atoms with Gasteiger partial charge in [0.15, 0.2) is 0 Å². The Hall–Kier alpha value is -1.16. The van der Waals surface area contributed by atoms with Gasteiger partial charge in [-0.3, -0.25) is 4.79 Å². The summed E-state index contributed by atoms with van der Waals surface area (Å²) in [4.78, 5) is 11.6. The molecule has 0 bridgehead atoms. The third-order valence-electron chi connectivity index (χ3n) is 1.83. The largest absolute Gasteiger partial charge is 0.497 e. The Morgan fingerprint density at radius 2 is 2.29 bits per heavy atom. The van der Waals surface area contributed by atoms with Crippen LogP contribution in [0.3, 0.4) is 0 Å². The van der Waals surface area contributed by atoms with Crippen molar-refractivity contribution in [3.8, 4) is 5.75 Å². The molecule has 0 unspecified atom stereocenters. The van der Waals surface area contributed by atoms with Crippen molar-refractivity contribution in [3.63, 3.8) is 0 Å². The SMILES string of the molecule is COc1ccc(SC)c(CC(=O)O)c1. The average molecular weight is 212 g/mol. The summed E-state index contributed by atoms with van der Waals surface area (Å²) in [7, 11) is 1.57. The molecule has 1 aromatic rings. The Morgan fingerprint density at radius 3 is 2.79 bits per heavy atom. The van der Waals surface area contributed by atoms with Gasteiger partial charge in [-0.05, 0) is 30.0 Å². The molecule has 4 heteroatoms. The monoisotopic (exact) mass is 212 g/mol. The smallest absolute Gasteiger partial charge is 0.307 e. The number of benzene rings is 1. The van der Waals surface area contributed by atoms with Crippen LogP contribution in [0, 0.1) is 0 Å². The first-order valence-corrected chi connectivity index (χ1v) is 5.32. The van der Waals surface area contributed by atoms with E-state index in [2.05, 4.69) is 0 Å². The van der Waals surface area contributed by atoms with Crippen molar-refractivity contribution in [1.82, 2.24) is 0 Å². The predicted octanol–water partition coefficient (Wildman–Crippen LogP) is 2.04. The van der Waals surface area contributed by atoms with Gasteiger partial charge >= 0.3 is 5.97 Å². The maximum atomic E-state index is 10.6. The lowest BCUT2D eigenvalue weighted by atomic mass is 10.1. The summed E-state index contributed by atoms with van der Waals surface area (Å²) in [6.45, 7) is 0. The van der Waals surface area contributed by atoms with Gasteiger partial charge in [-0.2, -0.15) is 0 Å². The minimum atomic E-state index is -0.825. The highest BCUT2D eigenvalue weighted by Crippen LogP contribution is 2.25. The molecule has 0 heterocycles. The fourth-order valence-electron chi connectivity index (χ4n) is 1.18. The first-order chi connectivity index (χ1) is 6.67. The minimum absolute atomic E-state index is 0.0351. The first-order valence-electron chi connectivity index (χ1n) is 4.10. The summed E-state index contributed by atoms with van der Waals surface area (Å²) in [6.07, 6.45) is 1.96. The van der Waals surface area contributed by atoms with Crippen LogP contribution in [-0.2, 0) is 11.2 Å². The normalized spacial score (nSPS) is 9.86. The Kier molecular flexibility index (Phi) is 3.83. The number of thioether (sulfide) groups is 1. The highest BCUT2D eigenvalue weighted by Gasteiger charge is 2.07. The summed E-state index contributed by atoms with van der Waals surface area (Å²) in [5.74, 6) is -0.132. The van der Waals surface area contributed by atoms with Crippen molar-refractivity contribution in [2.24, 2.45) is 0 Å². The van der Waals surface area contributed by atoms with Gasteiger partial charge < -0.3 is 9.84 Å². The van der Waals surface area contributed by atoms with Gasteiger partial charge in [-0.25, -0.2) is 0 Å². The molecule has 0 radical (unpaired) electrons. The number of hydrogen-bond donors (Lipinski definition) is 1. The molecule has 1 N–H and O–H groups in total. The quantitative estimate of drug-likeness (QED) is 0.776. The van der Waals surface area contributed by atoms with Gasteiger partial charge in [-0.1, -0.05) is 0 Å². The van der Waals surface area contributed by atoms with Gasteiger partial charge in [0.1, 0.15) is 5.75 Å². The van der Waals surface area contributed by atoms with Crippen molar-refractivity contribution in [2.75, 3.05) is 13.4 Å². The molecule has 0 spiro atoms. The first kappa shape index (κ1) is 10.9. The van der Waals surface area contributed by atoms with Crippen LogP contribution in [0.2, 0.25) is 0 Å². The summed E-state index contributed by atoms with van der Waals surface area (Å²) in [6, 6.07) is 5.47. The second-order valence-corrected chi connectivity index (χ2v) is 3.60. The van der Waals surface area contributed by atoms with Crippen molar-refractivity contribution in [3.05, 3.63) is 23.8 Å². The number of ether oxygens (including phenoxy) is 1. The molecule has 14 heavy (non-hydrogen) atoms. The highest BCUT2D eigenvalue weighted by atomic mass is 32.2. The van der Waals surface area contributed by atoms with Crippen LogP contribution in [-0.4, -0.2) is 24.4 Å². The average Bonchev–Trinajstić information content (AvgIpc) is 2.16. The minimum Gasteiger partial charge on any atom is -0.497 e. The fraction of sp³-hybridized carbons (Fsp3) is 0.300. The van der Waals surface area contributed by atoms with E-state index in [-0.39, 0.29) is 6.42 Å². The van der Waals surface area contributed by atoms with Gasteiger partial charge in [0.2, 0.25) is 0 Å². The van der Waals surface area contributed by atoms with E-state index in [1.807, 2.05) is 18.4 Å². The van der Waals surface area contributed by atoms with Gasteiger partial charge in [-0.15, -0.1) is 11.8 Å². The van der Waals surface area contributed by atoms with E-state index in [1.54, 1.807) is 13.2 Å². The third kappa shape index (κ3) is 2.67. The maximum absolute atomic E-state index is 10.6. The lowest BCUT2D eigenvalue weighted by Crippen LogP contribution is -2.01. The Bertz CT molecular complexity index is 336. The molecule has 1 rings (SSSR count). The van der Waals surface area contributed by atoms with Crippen LogP contribution in [0.4, 0.5) is 0 Å². The van der Waals surface area contributed by atoms with Crippen LogP contribution < -0.4 is 4.74 Å².